The normalized spacial score (nSPS) is 15.5. The summed E-state index contributed by atoms with van der Waals surface area (Å²) < 4.78 is 1.86. The standard InChI is InChI=1S/C27H24N4O2/c1-18-11-13-20(14-12-18)27-24(17-30(29-27)22-8-4-3-5-9-22)26-16-25(28-31(26)19(2)32)21-7-6-10-23(33)15-21/h3-15,17,26,33H,16H2,1-2H3/t26-/m1/s1. The summed E-state index contributed by atoms with van der Waals surface area (Å²) >= 11 is 0. The Labute approximate surface area is 192 Å². The highest BCUT2D eigenvalue weighted by atomic mass is 16.3. The molecule has 0 spiro atoms. The quantitative estimate of drug-likeness (QED) is 0.475. The number of hydrazone groups is 1. The van der Waals surface area contributed by atoms with Crippen molar-refractivity contribution >= 4 is 11.6 Å². The molecule has 0 fully saturated rings. The number of benzene rings is 3. The van der Waals surface area contributed by atoms with Crippen molar-refractivity contribution in [3.8, 4) is 22.7 Å². The van der Waals surface area contributed by atoms with Crippen LogP contribution in [0.25, 0.3) is 16.9 Å². The number of hydrogen-bond donors (Lipinski definition) is 1. The zero-order valence-electron chi connectivity index (χ0n) is 18.5. The maximum atomic E-state index is 12.6. The van der Waals surface area contributed by atoms with E-state index >= 15 is 0 Å². The number of para-hydroxylation sites is 1. The van der Waals surface area contributed by atoms with Crippen molar-refractivity contribution in [1.82, 2.24) is 14.8 Å². The second-order valence-electron chi connectivity index (χ2n) is 8.26. The molecular weight excluding hydrogens is 412 g/mol. The molecule has 0 bridgehead atoms. The van der Waals surface area contributed by atoms with Crippen LogP contribution in [-0.2, 0) is 4.79 Å². The first-order valence-corrected chi connectivity index (χ1v) is 10.9. The number of aromatic hydroxyl groups is 1. The largest absolute Gasteiger partial charge is 0.508 e. The van der Waals surface area contributed by atoms with E-state index in [2.05, 4.69) is 36.3 Å². The van der Waals surface area contributed by atoms with Crippen LogP contribution in [0.4, 0.5) is 0 Å². The van der Waals surface area contributed by atoms with Crippen LogP contribution in [-0.4, -0.2) is 31.5 Å². The monoisotopic (exact) mass is 436 g/mol. The Hall–Kier alpha value is -4.19. The smallest absolute Gasteiger partial charge is 0.240 e. The number of carbonyl (C=O) groups excluding carboxylic acids is 1. The number of nitrogens with zero attached hydrogens (tertiary/aromatic N) is 4. The van der Waals surface area contributed by atoms with Gasteiger partial charge in [0.2, 0.25) is 5.91 Å². The summed E-state index contributed by atoms with van der Waals surface area (Å²) in [7, 11) is 0. The van der Waals surface area contributed by atoms with E-state index in [0.29, 0.717) is 6.42 Å². The first-order valence-electron chi connectivity index (χ1n) is 10.9. The second kappa shape index (κ2) is 8.39. The molecule has 0 radical (unpaired) electrons. The minimum Gasteiger partial charge on any atom is -0.508 e. The number of aryl methyl sites for hydroxylation is 1. The molecule has 33 heavy (non-hydrogen) atoms. The van der Waals surface area contributed by atoms with Crippen molar-refractivity contribution in [2.45, 2.75) is 26.3 Å². The van der Waals surface area contributed by atoms with Crippen LogP contribution in [0, 0.1) is 6.92 Å². The molecule has 1 aliphatic heterocycles. The first kappa shape index (κ1) is 20.7. The van der Waals surface area contributed by atoms with Crippen LogP contribution in [0.5, 0.6) is 5.75 Å². The molecule has 1 N–H and O–H groups in total. The average Bonchev–Trinajstić information content (AvgIpc) is 3.45. The zero-order valence-corrected chi connectivity index (χ0v) is 18.5. The van der Waals surface area contributed by atoms with Gasteiger partial charge >= 0.3 is 0 Å². The van der Waals surface area contributed by atoms with Crippen LogP contribution in [0.15, 0.2) is 90.2 Å². The van der Waals surface area contributed by atoms with E-state index < -0.39 is 0 Å². The summed E-state index contributed by atoms with van der Waals surface area (Å²) in [5.41, 5.74) is 6.41. The molecule has 1 aliphatic rings. The third-order valence-electron chi connectivity index (χ3n) is 5.86. The Morgan fingerprint density at radius 1 is 0.970 bits per heavy atom. The Kier molecular flexibility index (Phi) is 5.26. The molecule has 0 saturated heterocycles. The van der Waals surface area contributed by atoms with E-state index in [1.165, 1.54) is 17.5 Å². The number of amides is 1. The predicted octanol–water partition coefficient (Wildman–Crippen LogP) is 5.25. The topological polar surface area (TPSA) is 70.7 Å². The molecule has 0 aliphatic carbocycles. The van der Waals surface area contributed by atoms with E-state index in [0.717, 1.165) is 33.8 Å². The number of phenols is 1. The lowest BCUT2D eigenvalue weighted by atomic mass is 9.96. The summed E-state index contributed by atoms with van der Waals surface area (Å²) in [5, 5.41) is 21.0. The van der Waals surface area contributed by atoms with Gasteiger partial charge in [-0.3, -0.25) is 4.79 Å². The van der Waals surface area contributed by atoms with Crippen molar-refractivity contribution in [2.75, 3.05) is 0 Å². The van der Waals surface area contributed by atoms with Gasteiger partial charge in [-0.2, -0.15) is 10.2 Å². The summed E-state index contributed by atoms with van der Waals surface area (Å²) in [5.74, 6) is 0.0303. The van der Waals surface area contributed by atoms with Crippen LogP contribution in [0.2, 0.25) is 0 Å². The Balaban J connectivity index is 1.62. The van der Waals surface area contributed by atoms with Gasteiger partial charge in [0.25, 0.3) is 0 Å². The molecule has 1 atom stereocenters. The van der Waals surface area contributed by atoms with Gasteiger partial charge in [-0.25, -0.2) is 9.69 Å². The predicted molar refractivity (Wildman–Crippen MR) is 128 cm³/mol. The third-order valence-corrected chi connectivity index (χ3v) is 5.86. The highest BCUT2D eigenvalue weighted by Crippen LogP contribution is 2.38. The van der Waals surface area contributed by atoms with E-state index in [9.17, 15) is 9.90 Å². The molecule has 4 aromatic rings. The maximum Gasteiger partial charge on any atom is 0.240 e. The molecule has 1 amide bonds. The molecular formula is C27H24N4O2. The van der Waals surface area contributed by atoms with Crippen molar-refractivity contribution in [3.63, 3.8) is 0 Å². The van der Waals surface area contributed by atoms with Crippen molar-refractivity contribution in [2.24, 2.45) is 5.10 Å². The lowest BCUT2D eigenvalue weighted by Gasteiger charge is -2.20. The van der Waals surface area contributed by atoms with Gasteiger partial charge in [-0.15, -0.1) is 0 Å². The highest BCUT2D eigenvalue weighted by molar-refractivity contribution is 6.03. The first-order chi connectivity index (χ1) is 16.0. The van der Waals surface area contributed by atoms with Crippen LogP contribution in [0.1, 0.15) is 36.1 Å². The van der Waals surface area contributed by atoms with E-state index in [1.807, 2.05) is 47.3 Å². The molecule has 6 nitrogen and oxygen atoms in total. The Bertz CT molecular complexity index is 1340. The van der Waals surface area contributed by atoms with Gasteiger partial charge in [-0.05, 0) is 31.2 Å². The lowest BCUT2D eigenvalue weighted by molar-refractivity contribution is -0.130. The Morgan fingerprint density at radius 2 is 1.73 bits per heavy atom. The average molecular weight is 437 g/mol. The van der Waals surface area contributed by atoms with E-state index in [1.54, 1.807) is 18.2 Å². The zero-order chi connectivity index (χ0) is 22.9. The second-order valence-corrected chi connectivity index (χ2v) is 8.26. The molecule has 1 aromatic heterocycles. The number of rotatable bonds is 4. The summed E-state index contributed by atoms with van der Waals surface area (Å²) in [6, 6.07) is 24.8. The van der Waals surface area contributed by atoms with Crippen LogP contribution in [0.3, 0.4) is 0 Å². The van der Waals surface area contributed by atoms with Crippen molar-refractivity contribution in [1.29, 1.82) is 0 Å². The van der Waals surface area contributed by atoms with Gasteiger partial charge in [0.15, 0.2) is 0 Å². The number of aromatic nitrogens is 2. The van der Waals surface area contributed by atoms with Crippen LogP contribution >= 0.6 is 0 Å². The Morgan fingerprint density at radius 3 is 2.42 bits per heavy atom. The molecule has 5 rings (SSSR count). The molecule has 0 saturated carbocycles. The minimum absolute atomic E-state index is 0.141. The molecule has 164 valence electrons. The lowest BCUT2D eigenvalue weighted by Crippen LogP contribution is -2.24. The van der Waals surface area contributed by atoms with Crippen molar-refractivity contribution < 1.29 is 9.90 Å². The molecule has 6 heteroatoms. The van der Waals surface area contributed by atoms with Gasteiger partial charge in [0.1, 0.15) is 5.75 Å². The van der Waals surface area contributed by atoms with Crippen LogP contribution < -0.4 is 0 Å². The maximum absolute atomic E-state index is 12.6. The number of carbonyl (C=O) groups is 1. The van der Waals surface area contributed by atoms with Gasteiger partial charge in [-0.1, -0.05) is 60.2 Å². The molecule has 0 unspecified atom stereocenters. The molecule has 3 aromatic carbocycles. The minimum atomic E-state index is -0.298. The number of phenolic OH excluding ortho intramolecular Hbond substituents is 1. The summed E-state index contributed by atoms with van der Waals surface area (Å²) in [6.07, 6.45) is 2.52. The fourth-order valence-corrected chi connectivity index (χ4v) is 4.18. The SMILES string of the molecule is CC(=O)N1N=C(c2cccc(O)c2)C[C@@H]1c1cn(-c2ccccc2)nc1-c1ccc(C)cc1. The third kappa shape index (κ3) is 4.03. The summed E-state index contributed by atoms with van der Waals surface area (Å²) in [4.78, 5) is 12.6. The van der Waals surface area contributed by atoms with Gasteiger partial charge in [0, 0.05) is 36.2 Å². The fraction of sp³-hybridized carbons (Fsp3) is 0.148. The van der Waals surface area contributed by atoms with E-state index in [4.69, 9.17) is 5.10 Å². The van der Waals surface area contributed by atoms with E-state index in [-0.39, 0.29) is 17.7 Å². The van der Waals surface area contributed by atoms with Gasteiger partial charge < -0.3 is 5.11 Å². The summed E-state index contributed by atoms with van der Waals surface area (Å²) in [6.45, 7) is 3.58. The number of hydrogen-bond acceptors (Lipinski definition) is 4. The molecule has 2 heterocycles. The fourth-order valence-electron chi connectivity index (χ4n) is 4.18. The highest BCUT2D eigenvalue weighted by Gasteiger charge is 2.34. The van der Waals surface area contributed by atoms with Crippen molar-refractivity contribution in [3.05, 3.63) is 102 Å². The van der Waals surface area contributed by atoms with Gasteiger partial charge in [0.05, 0.1) is 23.1 Å².